The summed E-state index contributed by atoms with van der Waals surface area (Å²) in [5.74, 6) is 0.928. The molecule has 4 rings (SSSR count). The van der Waals surface area contributed by atoms with Crippen LogP contribution in [0.2, 0.25) is 0 Å². The molecule has 0 bridgehead atoms. The fourth-order valence-corrected chi connectivity index (χ4v) is 5.36. The number of hydrogen-bond donors (Lipinski definition) is 4. The van der Waals surface area contributed by atoms with Crippen LogP contribution in [0.15, 0.2) is 94.7 Å². The monoisotopic (exact) mass is 750 g/mol. The van der Waals surface area contributed by atoms with Crippen molar-refractivity contribution in [1.82, 2.24) is 9.97 Å². The molecular formula is C22H20I2N6O4S2. The smallest absolute Gasteiger partial charge is 0.263 e. The maximum atomic E-state index is 12.0. The normalized spacial score (nSPS) is 11.2. The number of hydrogen-bond acceptors (Lipinski definition) is 8. The van der Waals surface area contributed by atoms with Crippen LogP contribution in [0, 0.1) is 7.14 Å². The molecule has 2 heterocycles. The standard InChI is InChI=1S/2C11H10IN3O2S/c2*12-8-4-6-9(7-5-8)18(16,17)15-11-3-1-2-10(13)14-11/h2*1-7H,(H3,13,14,15). The summed E-state index contributed by atoms with van der Waals surface area (Å²) in [5, 5.41) is 0. The van der Waals surface area contributed by atoms with E-state index in [1.165, 1.54) is 24.3 Å². The minimum absolute atomic E-state index is 0.187. The molecule has 0 fully saturated rings. The summed E-state index contributed by atoms with van der Waals surface area (Å²) < 4.78 is 54.8. The second kappa shape index (κ2) is 12.0. The van der Waals surface area contributed by atoms with Crippen molar-refractivity contribution >= 4 is 88.5 Å². The van der Waals surface area contributed by atoms with Gasteiger partial charge < -0.3 is 11.5 Å². The van der Waals surface area contributed by atoms with E-state index >= 15 is 0 Å². The Balaban J connectivity index is 0.000000201. The lowest BCUT2D eigenvalue weighted by Crippen LogP contribution is -2.14. The molecule has 6 N–H and O–H groups in total. The number of nitrogens with two attached hydrogens (primary N) is 2. The number of aromatic nitrogens is 2. The zero-order chi connectivity index (χ0) is 26.3. The summed E-state index contributed by atoms with van der Waals surface area (Å²) in [6.07, 6.45) is 0. The van der Waals surface area contributed by atoms with Crippen molar-refractivity contribution in [3.8, 4) is 0 Å². The first-order valence-corrected chi connectivity index (χ1v) is 15.1. The van der Waals surface area contributed by atoms with Gasteiger partial charge in [-0.1, -0.05) is 12.1 Å². The molecule has 0 saturated carbocycles. The lowest BCUT2D eigenvalue weighted by atomic mass is 10.4. The van der Waals surface area contributed by atoms with E-state index in [4.69, 9.17) is 11.5 Å². The average molecular weight is 750 g/mol. The molecule has 188 valence electrons. The van der Waals surface area contributed by atoms with Crippen molar-refractivity contribution < 1.29 is 16.8 Å². The predicted molar refractivity (Wildman–Crippen MR) is 157 cm³/mol. The van der Waals surface area contributed by atoms with E-state index in [-0.39, 0.29) is 33.1 Å². The number of anilines is 4. The number of halogens is 2. The molecule has 0 aliphatic heterocycles. The van der Waals surface area contributed by atoms with Crippen LogP contribution in [-0.2, 0) is 20.0 Å². The molecule has 0 spiro atoms. The molecule has 4 aromatic rings. The zero-order valence-electron chi connectivity index (χ0n) is 18.3. The van der Waals surface area contributed by atoms with E-state index in [1.54, 1.807) is 60.7 Å². The van der Waals surface area contributed by atoms with Crippen molar-refractivity contribution in [3.63, 3.8) is 0 Å². The van der Waals surface area contributed by atoms with Gasteiger partial charge in [-0.05, 0) is 118 Å². The summed E-state index contributed by atoms with van der Waals surface area (Å²) in [7, 11) is -7.24. The Morgan fingerprint density at radius 1 is 0.556 bits per heavy atom. The van der Waals surface area contributed by atoms with Crippen molar-refractivity contribution in [1.29, 1.82) is 0 Å². The number of pyridine rings is 2. The molecule has 0 amide bonds. The van der Waals surface area contributed by atoms with Crippen LogP contribution in [0.5, 0.6) is 0 Å². The van der Waals surface area contributed by atoms with Crippen molar-refractivity contribution in [2.45, 2.75) is 9.79 Å². The van der Waals surface area contributed by atoms with Crippen molar-refractivity contribution in [3.05, 3.63) is 92.1 Å². The van der Waals surface area contributed by atoms with E-state index in [9.17, 15) is 16.8 Å². The molecular weight excluding hydrogens is 730 g/mol. The van der Waals surface area contributed by atoms with Gasteiger partial charge in [0.15, 0.2) is 0 Å². The van der Waals surface area contributed by atoms with E-state index in [0.717, 1.165) is 7.14 Å². The fourth-order valence-electron chi connectivity index (χ4n) is 2.64. The van der Waals surface area contributed by atoms with Crippen LogP contribution in [0.3, 0.4) is 0 Å². The van der Waals surface area contributed by atoms with Crippen LogP contribution >= 0.6 is 45.2 Å². The molecule has 0 aliphatic carbocycles. The van der Waals surface area contributed by atoms with Crippen LogP contribution in [0.25, 0.3) is 0 Å². The molecule has 0 aliphatic rings. The highest BCUT2D eigenvalue weighted by molar-refractivity contribution is 14.1. The first kappa shape index (κ1) is 27.9. The van der Waals surface area contributed by atoms with Gasteiger partial charge in [-0.3, -0.25) is 9.44 Å². The van der Waals surface area contributed by atoms with E-state index in [1.807, 2.05) is 0 Å². The van der Waals surface area contributed by atoms with Gasteiger partial charge in [0, 0.05) is 7.14 Å². The first-order chi connectivity index (χ1) is 16.9. The summed E-state index contributed by atoms with van der Waals surface area (Å²) in [5.41, 5.74) is 11.0. The maximum Gasteiger partial charge on any atom is 0.263 e. The molecule has 10 nitrogen and oxygen atoms in total. The third kappa shape index (κ3) is 8.17. The molecule has 2 aromatic heterocycles. The quantitative estimate of drug-likeness (QED) is 0.213. The van der Waals surface area contributed by atoms with Gasteiger partial charge >= 0.3 is 0 Å². The van der Waals surface area contributed by atoms with Crippen LogP contribution in [-0.4, -0.2) is 26.8 Å². The lowest BCUT2D eigenvalue weighted by Gasteiger charge is -2.07. The third-order valence-electron chi connectivity index (χ3n) is 4.27. The van der Waals surface area contributed by atoms with Crippen LogP contribution in [0.1, 0.15) is 0 Å². The van der Waals surface area contributed by atoms with Gasteiger partial charge in [0.05, 0.1) is 9.79 Å². The molecule has 14 heteroatoms. The molecule has 0 atom stereocenters. The summed E-state index contributed by atoms with van der Waals surface area (Å²) >= 11 is 4.22. The highest BCUT2D eigenvalue weighted by atomic mass is 127. The SMILES string of the molecule is Nc1cccc(NS(=O)(=O)c2ccc(I)cc2)n1.Nc1cccc(NS(=O)(=O)c2ccc(I)cc2)n1. The number of nitrogen functional groups attached to an aromatic ring is 2. The molecule has 0 radical (unpaired) electrons. The molecule has 0 saturated heterocycles. The van der Waals surface area contributed by atoms with E-state index < -0.39 is 20.0 Å². The number of rotatable bonds is 6. The Labute approximate surface area is 236 Å². The Kier molecular flexibility index (Phi) is 9.31. The second-order valence-corrected chi connectivity index (χ2v) is 12.9. The van der Waals surface area contributed by atoms with Gasteiger partial charge in [0.1, 0.15) is 23.3 Å². The van der Waals surface area contributed by atoms with Gasteiger partial charge in [0.2, 0.25) is 0 Å². The summed E-state index contributed by atoms with van der Waals surface area (Å²) in [6, 6.07) is 22.6. The minimum atomic E-state index is -3.62. The topological polar surface area (TPSA) is 170 Å². The van der Waals surface area contributed by atoms with Gasteiger partial charge in [0.25, 0.3) is 20.0 Å². The summed E-state index contributed by atoms with van der Waals surface area (Å²) in [4.78, 5) is 8.15. The lowest BCUT2D eigenvalue weighted by molar-refractivity contribution is 0.599. The highest BCUT2D eigenvalue weighted by Gasteiger charge is 2.15. The van der Waals surface area contributed by atoms with E-state index in [0.29, 0.717) is 0 Å². The largest absolute Gasteiger partial charge is 0.384 e. The number of sulfonamides is 2. The summed E-state index contributed by atoms with van der Waals surface area (Å²) in [6.45, 7) is 0. The zero-order valence-corrected chi connectivity index (χ0v) is 24.3. The molecule has 2 aromatic carbocycles. The van der Waals surface area contributed by atoms with Crippen molar-refractivity contribution in [2.24, 2.45) is 0 Å². The second-order valence-electron chi connectivity index (χ2n) is 7.01. The van der Waals surface area contributed by atoms with Crippen LogP contribution in [0.4, 0.5) is 23.3 Å². The fraction of sp³-hybridized carbons (Fsp3) is 0. The van der Waals surface area contributed by atoms with Gasteiger partial charge in [-0.2, -0.15) is 0 Å². The Hall–Kier alpha value is -2.70. The van der Waals surface area contributed by atoms with Gasteiger partial charge in [-0.25, -0.2) is 26.8 Å². The van der Waals surface area contributed by atoms with Gasteiger partial charge in [-0.15, -0.1) is 0 Å². The predicted octanol–water partition coefficient (Wildman–Crippen LogP) is 4.14. The third-order valence-corrected chi connectivity index (χ3v) is 8.45. The number of benzene rings is 2. The Morgan fingerprint density at radius 3 is 1.19 bits per heavy atom. The number of nitrogens with one attached hydrogen (secondary N) is 2. The molecule has 0 unspecified atom stereocenters. The number of nitrogens with zero attached hydrogens (tertiary/aromatic N) is 2. The Bertz CT molecular complexity index is 1430. The molecule has 36 heavy (non-hydrogen) atoms. The average Bonchev–Trinajstić information content (AvgIpc) is 2.79. The first-order valence-electron chi connectivity index (χ1n) is 9.96. The van der Waals surface area contributed by atoms with Crippen molar-refractivity contribution in [2.75, 3.05) is 20.9 Å². The minimum Gasteiger partial charge on any atom is -0.384 e. The van der Waals surface area contributed by atoms with E-state index in [2.05, 4.69) is 64.6 Å². The Morgan fingerprint density at radius 2 is 0.889 bits per heavy atom. The maximum absolute atomic E-state index is 12.0. The van der Waals surface area contributed by atoms with Crippen LogP contribution < -0.4 is 20.9 Å². The highest BCUT2D eigenvalue weighted by Crippen LogP contribution is 2.17.